The summed E-state index contributed by atoms with van der Waals surface area (Å²) in [4.78, 5) is 9.09. The number of piperidine rings is 1. The number of nitrogens with two attached hydrogens (primary N) is 1. The van der Waals surface area contributed by atoms with E-state index < -0.39 is 0 Å². The minimum Gasteiger partial charge on any atom is -0.399 e. The van der Waals surface area contributed by atoms with Crippen molar-refractivity contribution in [1.29, 1.82) is 0 Å². The Kier molecular flexibility index (Phi) is 6.31. The first-order chi connectivity index (χ1) is 11.7. The highest BCUT2D eigenvalue weighted by molar-refractivity contribution is 7.99. The molecule has 0 radical (unpaired) electrons. The van der Waals surface area contributed by atoms with E-state index in [1.165, 1.54) is 69.1 Å². The predicted molar refractivity (Wildman–Crippen MR) is 106 cm³/mol. The zero-order chi connectivity index (χ0) is 16.9. The van der Waals surface area contributed by atoms with Gasteiger partial charge in [0.05, 0.1) is 5.69 Å². The van der Waals surface area contributed by atoms with Gasteiger partial charge in [-0.1, -0.05) is 6.92 Å². The molecule has 1 aromatic carbocycles. The van der Waals surface area contributed by atoms with Crippen LogP contribution in [0.1, 0.15) is 26.2 Å². The first-order valence-corrected chi connectivity index (χ1v) is 10.4. The molecule has 134 valence electrons. The third kappa shape index (κ3) is 4.38. The molecule has 2 N–H and O–H groups in total. The fraction of sp³-hybridized carbons (Fsp3) is 0.684. The highest BCUT2D eigenvalue weighted by Gasteiger charge is 2.27. The Morgan fingerprint density at radius 3 is 2.46 bits per heavy atom. The second-order valence-corrected chi connectivity index (χ2v) is 8.27. The first-order valence-electron chi connectivity index (χ1n) is 9.37. The lowest BCUT2D eigenvalue weighted by molar-refractivity contribution is 0.0981. The van der Waals surface area contributed by atoms with Crippen LogP contribution in [0.5, 0.6) is 0 Å². The van der Waals surface area contributed by atoms with E-state index >= 15 is 0 Å². The largest absolute Gasteiger partial charge is 0.399 e. The van der Waals surface area contributed by atoms with E-state index in [1.807, 2.05) is 11.8 Å². The molecule has 5 heteroatoms. The fourth-order valence-electron chi connectivity index (χ4n) is 3.78. The molecule has 0 aliphatic carbocycles. The molecule has 0 spiro atoms. The monoisotopic (exact) mass is 348 g/mol. The molecule has 2 fully saturated rings. The zero-order valence-electron chi connectivity index (χ0n) is 15.2. The average molecular weight is 349 g/mol. The predicted octanol–water partition coefficient (Wildman–Crippen LogP) is 2.99. The number of anilines is 2. The van der Waals surface area contributed by atoms with Crippen molar-refractivity contribution >= 4 is 23.1 Å². The SMILES string of the molecule is CCCSc1cc(N)ccc1N1CCC(N2CCN(C)CC2)CC1. The number of benzene rings is 1. The molecule has 0 aromatic heterocycles. The Bertz CT molecular complexity index is 520. The van der Waals surface area contributed by atoms with Crippen molar-refractivity contribution in [2.24, 2.45) is 0 Å². The highest BCUT2D eigenvalue weighted by atomic mass is 32.2. The van der Waals surface area contributed by atoms with Gasteiger partial charge in [0.2, 0.25) is 0 Å². The van der Waals surface area contributed by atoms with Crippen LogP contribution in [0.3, 0.4) is 0 Å². The van der Waals surface area contributed by atoms with Crippen molar-refractivity contribution in [1.82, 2.24) is 9.80 Å². The van der Waals surface area contributed by atoms with Crippen molar-refractivity contribution in [3.8, 4) is 0 Å². The third-order valence-electron chi connectivity index (χ3n) is 5.30. The lowest BCUT2D eigenvalue weighted by Crippen LogP contribution is -2.52. The van der Waals surface area contributed by atoms with Crippen molar-refractivity contribution in [2.45, 2.75) is 37.1 Å². The molecule has 0 atom stereocenters. The van der Waals surface area contributed by atoms with Crippen molar-refractivity contribution in [3.63, 3.8) is 0 Å². The Hall–Kier alpha value is -0.910. The van der Waals surface area contributed by atoms with E-state index in [0.29, 0.717) is 0 Å². The van der Waals surface area contributed by atoms with Gasteiger partial charge in [-0.25, -0.2) is 0 Å². The first kappa shape index (κ1) is 17.9. The summed E-state index contributed by atoms with van der Waals surface area (Å²) in [5.41, 5.74) is 8.28. The number of likely N-dealkylation sites (N-methyl/N-ethyl adjacent to an activating group) is 1. The molecule has 2 aliphatic heterocycles. The third-order valence-corrected chi connectivity index (χ3v) is 6.56. The Balaban J connectivity index is 1.60. The summed E-state index contributed by atoms with van der Waals surface area (Å²) in [5.74, 6) is 1.16. The second kappa shape index (κ2) is 8.45. The van der Waals surface area contributed by atoms with Crippen LogP contribution >= 0.6 is 11.8 Å². The van der Waals surface area contributed by atoms with Crippen LogP contribution in [0, 0.1) is 0 Å². The van der Waals surface area contributed by atoms with E-state index in [-0.39, 0.29) is 0 Å². The summed E-state index contributed by atoms with van der Waals surface area (Å²) in [6.45, 7) is 9.48. The van der Waals surface area contributed by atoms with Gasteiger partial charge in [-0.2, -0.15) is 0 Å². The van der Waals surface area contributed by atoms with Crippen molar-refractivity contribution < 1.29 is 0 Å². The van der Waals surface area contributed by atoms with Crippen LogP contribution in [0.4, 0.5) is 11.4 Å². The van der Waals surface area contributed by atoms with E-state index in [0.717, 1.165) is 17.5 Å². The summed E-state index contributed by atoms with van der Waals surface area (Å²) in [6, 6.07) is 7.21. The van der Waals surface area contributed by atoms with Crippen molar-refractivity contribution in [3.05, 3.63) is 18.2 Å². The number of rotatable bonds is 5. The van der Waals surface area contributed by atoms with Crippen LogP contribution in [0.2, 0.25) is 0 Å². The van der Waals surface area contributed by atoms with Crippen LogP contribution < -0.4 is 10.6 Å². The van der Waals surface area contributed by atoms with Gasteiger partial charge < -0.3 is 15.5 Å². The second-order valence-electron chi connectivity index (χ2n) is 7.13. The molecule has 3 rings (SSSR count). The molecule has 0 bridgehead atoms. The molecule has 2 saturated heterocycles. The maximum atomic E-state index is 6.02. The molecule has 24 heavy (non-hydrogen) atoms. The van der Waals surface area contributed by atoms with E-state index in [4.69, 9.17) is 5.73 Å². The van der Waals surface area contributed by atoms with Gasteiger partial charge >= 0.3 is 0 Å². The lowest BCUT2D eigenvalue weighted by Gasteiger charge is -2.43. The number of thioether (sulfide) groups is 1. The Morgan fingerprint density at radius 2 is 1.79 bits per heavy atom. The summed E-state index contributed by atoms with van der Waals surface area (Å²) < 4.78 is 0. The van der Waals surface area contributed by atoms with Gasteiger partial charge in [-0.3, -0.25) is 4.90 Å². The smallest absolute Gasteiger partial charge is 0.0505 e. The molecule has 2 aliphatic rings. The van der Waals surface area contributed by atoms with Gasteiger partial charge in [0.15, 0.2) is 0 Å². The molecule has 1 aromatic rings. The summed E-state index contributed by atoms with van der Waals surface area (Å²) in [5, 5.41) is 0. The summed E-state index contributed by atoms with van der Waals surface area (Å²) in [7, 11) is 2.23. The molecule has 4 nitrogen and oxygen atoms in total. The Labute approximate surface area is 151 Å². The number of nitrogen functional groups attached to an aromatic ring is 1. The highest BCUT2D eigenvalue weighted by Crippen LogP contribution is 2.34. The normalized spacial score (nSPS) is 21.3. The summed E-state index contributed by atoms with van der Waals surface area (Å²) in [6.07, 6.45) is 3.77. The van der Waals surface area contributed by atoms with Crippen molar-refractivity contribution in [2.75, 3.05) is 62.7 Å². The molecule has 0 unspecified atom stereocenters. The fourth-order valence-corrected chi connectivity index (χ4v) is 4.77. The topological polar surface area (TPSA) is 35.7 Å². The maximum absolute atomic E-state index is 6.02. The lowest BCUT2D eigenvalue weighted by atomic mass is 10.0. The number of hydrogen-bond acceptors (Lipinski definition) is 5. The quantitative estimate of drug-likeness (QED) is 0.654. The molecular weight excluding hydrogens is 316 g/mol. The molecule has 0 saturated carbocycles. The van der Waals surface area contributed by atoms with E-state index in [1.54, 1.807) is 0 Å². The van der Waals surface area contributed by atoms with Crippen LogP contribution in [-0.4, -0.2) is 67.9 Å². The minimum absolute atomic E-state index is 0.774. The average Bonchev–Trinajstić information content (AvgIpc) is 2.61. The van der Waals surface area contributed by atoms with Gasteiger partial charge in [0.1, 0.15) is 0 Å². The minimum atomic E-state index is 0.774. The van der Waals surface area contributed by atoms with Crippen LogP contribution in [0.25, 0.3) is 0 Å². The number of piperazine rings is 1. The summed E-state index contributed by atoms with van der Waals surface area (Å²) >= 11 is 1.95. The molecule has 0 amide bonds. The van der Waals surface area contributed by atoms with Crippen LogP contribution in [-0.2, 0) is 0 Å². The standard InChI is InChI=1S/C19H32N4S/c1-3-14-24-19-15-16(20)4-5-18(19)23-8-6-17(7-9-23)22-12-10-21(2)11-13-22/h4-5,15,17H,3,6-14,20H2,1-2H3. The maximum Gasteiger partial charge on any atom is 0.0505 e. The van der Waals surface area contributed by atoms with E-state index in [9.17, 15) is 0 Å². The Morgan fingerprint density at radius 1 is 1.08 bits per heavy atom. The molecular formula is C19H32N4S. The van der Waals surface area contributed by atoms with Gasteiger partial charge in [0.25, 0.3) is 0 Å². The van der Waals surface area contributed by atoms with Gasteiger partial charge in [0, 0.05) is 55.9 Å². The number of nitrogens with zero attached hydrogens (tertiary/aromatic N) is 3. The van der Waals surface area contributed by atoms with Gasteiger partial charge in [-0.15, -0.1) is 11.8 Å². The molecule has 2 heterocycles. The van der Waals surface area contributed by atoms with Gasteiger partial charge in [-0.05, 0) is 50.3 Å². The van der Waals surface area contributed by atoms with E-state index in [2.05, 4.69) is 46.9 Å². The van der Waals surface area contributed by atoms with Crippen LogP contribution in [0.15, 0.2) is 23.1 Å². The zero-order valence-corrected chi connectivity index (χ0v) is 16.0. The number of hydrogen-bond donors (Lipinski definition) is 1.